The highest BCUT2D eigenvalue weighted by atomic mass is 35.5. The normalized spacial score (nSPS) is 24.6. The molecule has 1 saturated carbocycles. The van der Waals surface area contributed by atoms with Gasteiger partial charge in [-0.25, -0.2) is 0 Å². The Bertz CT molecular complexity index is 389. The summed E-state index contributed by atoms with van der Waals surface area (Å²) in [6, 6.07) is 2.19. The van der Waals surface area contributed by atoms with Gasteiger partial charge in [-0.2, -0.15) is 11.8 Å². The molecule has 0 amide bonds. The molecule has 0 spiro atoms. The van der Waals surface area contributed by atoms with Crippen LogP contribution >= 0.6 is 35.0 Å². The maximum absolute atomic E-state index is 5.99. The van der Waals surface area contributed by atoms with E-state index in [-0.39, 0.29) is 0 Å². The summed E-state index contributed by atoms with van der Waals surface area (Å²) >= 11 is 13.7. The van der Waals surface area contributed by atoms with Crippen LogP contribution in [0.5, 0.6) is 0 Å². The Morgan fingerprint density at radius 1 is 1.35 bits per heavy atom. The number of thioether (sulfide) groups is 1. The van der Waals surface area contributed by atoms with E-state index < -0.39 is 0 Å². The van der Waals surface area contributed by atoms with E-state index in [1.54, 1.807) is 6.07 Å². The smallest absolute Gasteiger partial charge is 0.174 e. The van der Waals surface area contributed by atoms with Crippen molar-refractivity contribution in [3.05, 3.63) is 16.4 Å². The molecule has 6 heteroatoms. The summed E-state index contributed by atoms with van der Waals surface area (Å²) in [6.45, 7) is 0. The molecule has 1 aromatic heterocycles. The van der Waals surface area contributed by atoms with Crippen LogP contribution in [0.1, 0.15) is 25.7 Å². The third-order valence-corrected chi connectivity index (χ3v) is 4.60. The van der Waals surface area contributed by atoms with Crippen molar-refractivity contribution < 1.29 is 0 Å². The van der Waals surface area contributed by atoms with Crippen molar-refractivity contribution in [3.8, 4) is 0 Å². The van der Waals surface area contributed by atoms with Crippen molar-refractivity contribution in [3.63, 3.8) is 0 Å². The third-order valence-electron chi connectivity index (χ3n) is 3.04. The van der Waals surface area contributed by atoms with E-state index in [2.05, 4.69) is 21.8 Å². The Hall–Kier alpha value is -0.190. The van der Waals surface area contributed by atoms with Gasteiger partial charge in [0.2, 0.25) is 0 Å². The summed E-state index contributed by atoms with van der Waals surface area (Å²) < 4.78 is 0. The van der Waals surface area contributed by atoms with E-state index in [4.69, 9.17) is 23.2 Å². The highest BCUT2D eigenvalue weighted by molar-refractivity contribution is 7.99. The molecule has 1 heterocycles. The fourth-order valence-electron chi connectivity index (χ4n) is 2.16. The lowest BCUT2D eigenvalue weighted by atomic mass is 9.95. The minimum atomic E-state index is 0.370. The van der Waals surface area contributed by atoms with Crippen LogP contribution in [-0.2, 0) is 0 Å². The topological polar surface area (TPSA) is 37.8 Å². The van der Waals surface area contributed by atoms with Gasteiger partial charge in [-0.05, 0) is 25.5 Å². The minimum absolute atomic E-state index is 0.370. The van der Waals surface area contributed by atoms with E-state index in [0.717, 1.165) is 17.4 Å². The van der Waals surface area contributed by atoms with Crippen LogP contribution in [0, 0.1) is 0 Å². The van der Waals surface area contributed by atoms with Crippen LogP contribution in [-0.4, -0.2) is 27.7 Å². The van der Waals surface area contributed by atoms with E-state index in [0.29, 0.717) is 16.3 Å². The molecule has 1 aromatic rings. The summed E-state index contributed by atoms with van der Waals surface area (Å²) in [7, 11) is 0. The summed E-state index contributed by atoms with van der Waals surface area (Å²) in [6.07, 6.45) is 7.07. The first-order chi connectivity index (χ1) is 8.19. The zero-order valence-corrected chi connectivity index (χ0v) is 11.9. The molecule has 2 atom stereocenters. The summed E-state index contributed by atoms with van der Waals surface area (Å²) in [5, 5.41) is 12.4. The predicted octanol–water partition coefficient (Wildman–Crippen LogP) is 3.87. The average Bonchev–Trinajstić information content (AvgIpc) is 2.34. The molecule has 1 aliphatic rings. The van der Waals surface area contributed by atoms with Crippen LogP contribution < -0.4 is 5.32 Å². The van der Waals surface area contributed by atoms with Gasteiger partial charge in [0.15, 0.2) is 10.3 Å². The number of halogens is 2. The lowest BCUT2D eigenvalue weighted by molar-refractivity contribution is 0.473. The second kappa shape index (κ2) is 6.12. The molecule has 3 nitrogen and oxygen atoms in total. The number of hydrogen-bond acceptors (Lipinski definition) is 4. The van der Waals surface area contributed by atoms with Crippen LogP contribution in [0.2, 0.25) is 10.3 Å². The summed E-state index contributed by atoms with van der Waals surface area (Å²) in [4.78, 5) is 0. The quantitative estimate of drug-likeness (QED) is 0.917. The Morgan fingerprint density at radius 2 is 2.18 bits per heavy atom. The van der Waals surface area contributed by atoms with Gasteiger partial charge in [0.1, 0.15) is 0 Å². The maximum Gasteiger partial charge on any atom is 0.174 e. The summed E-state index contributed by atoms with van der Waals surface area (Å²) in [5.74, 6) is 0. The number of nitrogens with zero attached hydrogens (tertiary/aromatic N) is 2. The lowest BCUT2D eigenvalue weighted by Gasteiger charge is -2.29. The van der Waals surface area contributed by atoms with Crippen molar-refractivity contribution >= 4 is 40.7 Å². The molecule has 2 rings (SSSR count). The lowest BCUT2D eigenvalue weighted by Crippen LogP contribution is -2.28. The first kappa shape index (κ1) is 13.2. The van der Waals surface area contributed by atoms with Gasteiger partial charge in [-0.3, -0.25) is 0 Å². The fraction of sp³-hybridized carbons (Fsp3) is 0.636. The molecular formula is C11H15Cl2N3S. The first-order valence-corrected chi connectivity index (χ1v) is 7.71. The molecule has 0 bridgehead atoms. The molecule has 1 fully saturated rings. The molecule has 2 unspecified atom stereocenters. The predicted molar refractivity (Wildman–Crippen MR) is 75.2 cm³/mol. The van der Waals surface area contributed by atoms with Gasteiger partial charge < -0.3 is 5.32 Å². The van der Waals surface area contributed by atoms with Crippen LogP contribution in [0.4, 0.5) is 5.69 Å². The number of nitrogens with one attached hydrogen (secondary N) is 1. The van der Waals surface area contributed by atoms with Crippen molar-refractivity contribution in [2.24, 2.45) is 0 Å². The number of anilines is 1. The molecular weight excluding hydrogens is 277 g/mol. The molecule has 0 aromatic carbocycles. The second-order valence-electron chi connectivity index (χ2n) is 4.24. The number of aromatic nitrogens is 2. The van der Waals surface area contributed by atoms with Crippen molar-refractivity contribution in [2.45, 2.75) is 37.0 Å². The molecule has 0 radical (unpaired) electrons. The van der Waals surface area contributed by atoms with Crippen LogP contribution in [0.25, 0.3) is 0 Å². The molecule has 0 saturated heterocycles. The Morgan fingerprint density at radius 3 is 2.94 bits per heavy atom. The first-order valence-electron chi connectivity index (χ1n) is 5.67. The van der Waals surface area contributed by atoms with Crippen LogP contribution in [0.3, 0.4) is 0 Å². The van der Waals surface area contributed by atoms with Crippen molar-refractivity contribution in [1.29, 1.82) is 0 Å². The van der Waals surface area contributed by atoms with E-state index in [9.17, 15) is 0 Å². The van der Waals surface area contributed by atoms with Gasteiger partial charge in [-0.15, -0.1) is 10.2 Å². The number of rotatable bonds is 3. The van der Waals surface area contributed by atoms with E-state index >= 15 is 0 Å². The number of hydrogen-bond donors (Lipinski definition) is 1. The standard InChI is InChI=1S/C11H15Cl2N3S/c1-17-8-4-2-3-7(5-8)14-9-6-10(12)15-16-11(9)13/h6-8H,2-5H2,1H3,(H,14,15). The Kier molecular flexibility index (Phi) is 4.77. The van der Waals surface area contributed by atoms with Gasteiger partial charge >= 0.3 is 0 Å². The average molecular weight is 292 g/mol. The molecule has 17 heavy (non-hydrogen) atoms. The monoisotopic (exact) mass is 291 g/mol. The van der Waals surface area contributed by atoms with Gasteiger partial charge in [0.05, 0.1) is 5.69 Å². The minimum Gasteiger partial charge on any atom is -0.380 e. The van der Waals surface area contributed by atoms with Crippen LogP contribution in [0.15, 0.2) is 6.07 Å². The largest absolute Gasteiger partial charge is 0.380 e. The highest BCUT2D eigenvalue weighted by Crippen LogP contribution is 2.30. The molecule has 1 N–H and O–H groups in total. The summed E-state index contributed by atoms with van der Waals surface area (Å²) in [5.41, 5.74) is 0.790. The molecule has 0 aliphatic heterocycles. The Balaban J connectivity index is 2.02. The SMILES string of the molecule is CSC1CCCC(Nc2cc(Cl)nnc2Cl)C1. The third kappa shape index (κ3) is 3.63. The van der Waals surface area contributed by atoms with Gasteiger partial charge in [0.25, 0.3) is 0 Å². The van der Waals surface area contributed by atoms with E-state index in [1.807, 2.05) is 11.8 Å². The fourth-order valence-corrected chi connectivity index (χ4v) is 3.29. The van der Waals surface area contributed by atoms with Gasteiger partial charge in [0, 0.05) is 17.4 Å². The van der Waals surface area contributed by atoms with E-state index in [1.165, 1.54) is 19.3 Å². The molecule has 94 valence electrons. The Labute approximate surface area is 116 Å². The molecule has 1 aliphatic carbocycles. The van der Waals surface area contributed by atoms with Crippen molar-refractivity contribution in [2.75, 3.05) is 11.6 Å². The highest BCUT2D eigenvalue weighted by Gasteiger charge is 2.21. The second-order valence-corrected chi connectivity index (χ2v) is 6.12. The maximum atomic E-state index is 5.99. The van der Waals surface area contributed by atoms with Crippen molar-refractivity contribution in [1.82, 2.24) is 10.2 Å². The zero-order valence-electron chi connectivity index (χ0n) is 9.62. The zero-order chi connectivity index (χ0) is 12.3. The van der Waals surface area contributed by atoms with Gasteiger partial charge in [-0.1, -0.05) is 29.6 Å².